The van der Waals surface area contributed by atoms with Gasteiger partial charge in [0.1, 0.15) is 11.2 Å². The molecular weight excluding hydrogens is 230 g/mol. The molecule has 1 unspecified atom stereocenters. The van der Waals surface area contributed by atoms with Crippen LogP contribution >= 0.6 is 11.6 Å². The highest BCUT2D eigenvalue weighted by molar-refractivity contribution is 6.29. The maximum absolute atomic E-state index is 11.3. The van der Waals surface area contributed by atoms with Crippen LogP contribution in [0.5, 0.6) is 0 Å². The fraction of sp³-hybridized carbons (Fsp3) is 0.400. The summed E-state index contributed by atoms with van der Waals surface area (Å²) in [5.74, 6) is -0.396. The third kappa shape index (κ3) is 2.25. The minimum atomic E-state index is -0.438. The Kier molecular flexibility index (Phi) is 3.26. The van der Waals surface area contributed by atoms with E-state index in [1.54, 1.807) is 18.3 Å². The molecule has 1 aromatic rings. The van der Waals surface area contributed by atoms with Gasteiger partial charge in [0.05, 0.1) is 13.2 Å². The maximum Gasteiger partial charge on any atom is 0.242 e. The van der Waals surface area contributed by atoms with Crippen molar-refractivity contribution in [2.75, 3.05) is 24.7 Å². The van der Waals surface area contributed by atoms with Crippen LogP contribution in [0.4, 0.5) is 5.69 Å². The van der Waals surface area contributed by atoms with Gasteiger partial charge in [-0.15, -0.1) is 0 Å². The number of halogens is 1. The molecule has 0 bridgehead atoms. The van der Waals surface area contributed by atoms with Gasteiger partial charge in [-0.1, -0.05) is 11.6 Å². The Morgan fingerprint density at radius 3 is 3.19 bits per heavy atom. The molecule has 2 N–H and O–H groups in total. The van der Waals surface area contributed by atoms with Gasteiger partial charge in [0.15, 0.2) is 0 Å². The Morgan fingerprint density at radius 2 is 2.50 bits per heavy atom. The molecule has 1 aliphatic rings. The summed E-state index contributed by atoms with van der Waals surface area (Å²) in [6.45, 7) is 1.51. The van der Waals surface area contributed by atoms with Crippen LogP contribution in [0.1, 0.15) is 0 Å². The maximum atomic E-state index is 11.3. The van der Waals surface area contributed by atoms with Gasteiger partial charge in [0.25, 0.3) is 0 Å². The first kappa shape index (κ1) is 11.2. The predicted octanol–water partition coefficient (Wildman–Crippen LogP) is 0.425. The molecule has 0 radical (unpaired) electrons. The number of anilines is 1. The van der Waals surface area contributed by atoms with Crippen LogP contribution in [0.25, 0.3) is 0 Å². The van der Waals surface area contributed by atoms with Gasteiger partial charge in [0.2, 0.25) is 5.91 Å². The van der Waals surface area contributed by atoms with E-state index in [4.69, 9.17) is 22.1 Å². The molecule has 1 saturated heterocycles. The highest BCUT2D eigenvalue weighted by atomic mass is 35.5. The van der Waals surface area contributed by atoms with E-state index in [-0.39, 0.29) is 0 Å². The van der Waals surface area contributed by atoms with E-state index in [0.717, 1.165) is 5.69 Å². The molecule has 0 aliphatic carbocycles. The Hall–Kier alpha value is -1.33. The lowest BCUT2D eigenvalue weighted by atomic mass is 10.2. The molecule has 0 spiro atoms. The Balaban J connectivity index is 2.26. The summed E-state index contributed by atoms with van der Waals surface area (Å²) in [5.41, 5.74) is 6.16. The number of pyridine rings is 1. The fourth-order valence-corrected chi connectivity index (χ4v) is 1.89. The summed E-state index contributed by atoms with van der Waals surface area (Å²) in [7, 11) is 0. The molecule has 1 aliphatic heterocycles. The number of carbonyl (C=O) groups is 1. The van der Waals surface area contributed by atoms with Gasteiger partial charge in [0, 0.05) is 18.4 Å². The molecule has 0 aromatic carbocycles. The Labute approximate surface area is 98.1 Å². The topological polar surface area (TPSA) is 68.5 Å². The second kappa shape index (κ2) is 4.67. The lowest BCUT2D eigenvalue weighted by molar-refractivity contribution is -0.121. The summed E-state index contributed by atoms with van der Waals surface area (Å²) in [5, 5.41) is 0.396. The largest absolute Gasteiger partial charge is 0.377 e. The molecule has 16 heavy (non-hydrogen) atoms. The van der Waals surface area contributed by atoms with Crippen LogP contribution in [-0.2, 0) is 9.53 Å². The minimum Gasteiger partial charge on any atom is -0.377 e. The van der Waals surface area contributed by atoms with Gasteiger partial charge in [-0.2, -0.15) is 0 Å². The Bertz CT molecular complexity index is 399. The van der Waals surface area contributed by atoms with E-state index >= 15 is 0 Å². The number of aromatic nitrogens is 1. The van der Waals surface area contributed by atoms with Crippen molar-refractivity contribution >= 4 is 23.2 Å². The highest BCUT2D eigenvalue weighted by Gasteiger charge is 2.27. The summed E-state index contributed by atoms with van der Waals surface area (Å²) in [6, 6.07) is 3.07. The van der Waals surface area contributed by atoms with E-state index in [2.05, 4.69) is 4.98 Å². The van der Waals surface area contributed by atoms with E-state index in [9.17, 15) is 4.79 Å². The summed E-state index contributed by atoms with van der Waals surface area (Å²) < 4.78 is 5.23. The van der Waals surface area contributed by atoms with Gasteiger partial charge in [-0.3, -0.25) is 4.79 Å². The second-order valence-corrected chi connectivity index (χ2v) is 3.91. The second-order valence-electron chi connectivity index (χ2n) is 3.52. The predicted molar refractivity (Wildman–Crippen MR) is 60.4 cm³/mol. The van der Waals surface area contributed by atoms with E-state index in [1.165, 1.54) is 0 Å². The quantitative estimate of drug-likeness (QED) is 0.763. The first-order valence-electron chi connectivity index (χ1n) is 4.94. The standard InChI is InChI=1S/C10H12ClN3O2/c11-9-5-7(1-2-13-9)14-3-4-16-6-8(14)10(12)15/h1-2,5,8H,3-4,6H2,(H2,12,15). The highest BCUT2D eigenvalue weighted by Crippen LogP contribution is 2.21. The number of nitrogens with zero attached hydrogens (tertiary/aromatic N) is 2. The molecule has 2 heterocycles. The third-order valence-corrected chi connectivity index (χ3v) is 2.71. The zero-order valence-electron chi connectivity index (χ0n) is 8.60. The van der Waals surface area contributed by atoms with Gasteiger partial charge < -0.3 is 15.4 Å². The lowest BCUT2D eigenvalue weighted by Gasteiger charge is -2.35. The van der Waals surface area contributed by atoms with Crippen molar-refractivity contribution in [1.29, 1.82) is 0 Å². The lowest BCUT2D eigenvalue weighted by Crippen LogP contribution is -2.52. The molecular formula is C10H12ClN3O2. The molecule has 2 rings (SSSR count). The van der Waals surface area contributed by atoms with Crippen molar-refractivity contribution < 1.29 is 9.53 Å². The van der Waals surface area contributed by atoms with Crippen molar-refractivity contribution in [3.05, 3.63) is 23.5 Å². The van der Waals surface area contributed by atoms with Crippen LogP contribution in [0.2, 0.25) is 5.15 Å². The molecule has 1 fully saturated rings. The van der Waals surface area contributed by atoms with E-state index < -0.39 is 11.9 Å². The van der Waals surface area contributed by atoms with Gasteiger partial charge in [-0.25, -0.2) is 4.98 Å². The molecule has 1 aromatic heterocycles. The van der Waals surface area contributed by atoms with Gasteiger partial charge >= 0.3 is 0 Å². The number of nitrogens with two attached hydrogens (primary N) is 1. The average Bonchev–Trinajstić information content (AvgIpc) is 2.29. The zero-order chi connectivity index (χ0) is 11.5. The van der Waals surface area contributed by atoms with Crippen LogP contribution in [0, 0.1) is 0 Å². The number of rotatable bonds is 2. The van der Waals surface area contributed by atoms with Crippen LogP contribution in [0.15, 0.2) is 18.3 Å². The van der Waals surface area contributed by atoms with Crippen molar-refractivity contribution in [3.8, 4) is 0 Å². The number of morpholine rings is 1. The molecule has 1 amide bonds. The monoisotopic (exact) mass is 241 g/mol. The fourth-order valence-electron chi connectivity index (χ4n) is 1.72. The Morgan fingerprint density at radius 1 is 1.69 bits per heavy atom. The van der Waals surface area contributed by atoms with E-state index in [0.29, 0.717) is 24.9 Å². The van der Waals surface area contributed by atoms with Crippen molar-refractivity contribution in [2.45, 2.75) is 6.04 Å². The molecule has 5 nitrogen and oxygen atoms in total. The SMILES string of the molecule is NC(=O)C1COCCN1c1ccnc(Cl)c1. The number of hydrogen-bond donors (Lipinski definition) is 1. The van der Waals surface area contributed by atoms with Crippen LogP contribution in [0.3, 0.4) is 0 Å². The van der Waals surface area contributed by atoms with Crippen LogP contribution in [-0.4, -0.2) is 36.7 Å². The first-order valence-corrected chi connectivity index (χ1v) is 5.31. The summed E-state index contributed by atoms with van der Waals surface area (Å²) in [6.07, 6.45) is 1.60. The number of carbonyl (C=O) groups excluding carboxylic acids is 1. The van der Waals surface area contributed by atoms with Crippen molar-refractivity contribution in [3.63, 3.8) is 0 Å². The van der Waals surface area contributed by atoms with Crippen LogP contribution < -0.4 is 10.6 Å². The number of amides is 1. The minimum absolute atomic E-state index is 0.315. The molecule has 6 heteroatoms. The number of primary amides is 1. The molecule has 1 atom stereocenters. The normalized spacial score (nSPS) is 20.8. The van der Waals surface area contributed by atoms with Gasteiger partial charge in [-0.05, 0) is 12.1 Å². The van der Waals surface area contributed by atoms with Crippen molar-refractivity contribution in [2.24, 2.45) is 5.73 Å². The zero-order valence-corrected chi connectivity index (χ0v) is 9.35. The smallest absolute Gasteiger partial charge is 0.242 e. The van der Waals surface area contributed by atoms with Crippen molar-refractivity contribution in [1.82, 2.24) is 4.98 Å². The molecule has 0 saturated carbocycles. The third-order valence-electron chi connectivity index (χ3n) is 2.50. The summed E-state index contributed by atoms with van der Waals surface area (Å²) in [4.78, 5) is 17.1. The number of hydrogen-bond acceptors (Lipinski definition) is 4. The molecule has 86 valence electrons. The van der Waals surface area contributed by atoms with E-state index in [1.807, 2.05) is 4.90 Å². The first-order chi connectivity index (χ1) is 7.68. The average molecular weight is 242 g/mol. The number of ether oxygens (including phenoxy) is 1. The summed E-state index contributed by atoms with van der Waals surface area (Å²) >= 11 is 5.81.